The minimum atomic E-state index is -0.375. The van der Waals surface area contributed by atoms with Crippen LogP contribution in [-0.4, -0.2) is 21.6 Å². The molecule has 1 aliphatic heterocycles. The summed E-state index contributed by atoms with van der Waals surface area (Å²) in [4.78, 5) is 14.4. The summed E-state index contributed by atoms with van der Waals surface area (Å²) in [6, 6.07) is 0. The first-order valence-corrected chi connectivity index (χ1v) is 5.62. The molecule has 0 unspecified atom stereocenters. The number of aromatic amines is 1. The Balaban J connectivity index is 1.93. The number of nitrogens with zero attached hydrogens (tertiary/aromatic N) is 1. The second kappa shape index (κ2) is 4.00. The van der Waals surface area contributed by atoms with Gasteiger partial charge >= 0.3 is 5.69 Å². The van der Waals surface area contributed by atoms with Gasteiger partial charge in [-0.1, -0.05) is 0 Å². The first-order chi connectivity index (χ1) is 6.34. The average Bonchev–Trinajstić information content (AvgIpc) is 2.53. The molecule has 1 aromatic heterocycles. The van der Waals surface area contributed by atoms with Crippen LogP contribution >= 0.6 is 11.8 Å². The molecule has 4 nitrogen and oxygen atoms in total. The third-order valence-electron chi connectivity index (χ3n) is 2.29. The Morgan fingerprint density at radius 3 is 2.92 bits per heavy atom. The zero-order valence-corrected chi connectivity index (χ0v) is 8.10. The molecule has 0 aromatic carbocycles. The lowest BCUT2D eigenvalue weighted by Crippen LogP contribution is -2.13. The van der Waals surface area contributed by atoms with Gasteiger partial charge in [0.2, 0.25) is 5.89 Å². The minimum Gasteiger partial charge on any atom is -0.362 e. The second-order valence-corrected chi connectivity index (χ2v) is 4.50. The molecule has 72 valence electrons. The van der Waals surface area contributed by atoms with Gasteiger partial charge in [0.05, 0.1) is 0 Å². The number of aromatic nitrogens is 2. The van der Waals surface area contributed by atoms with E-state index in [-0.39, 0.29) is 5.69 Å². The Morgan fingerprint density at radius 1 is 1.54 bits per heavy atom. The fraction of sp³-hybridized carbons (Fsp3) is 0.750. The van der Waals surface area contributed by atoms with Crippen molar-refractivity contribution in [1.29, 1.82) is 0 Å². The van der Waals surface area contributed by atoms with E-state index < -0.39 is 0 Å². The van der Waals surface area contributed by atoms with Crippen LogP contribution in [0.2, 0.25) is 0 Å². The van der Waals surface area contributed by atoms with Crippen molar-refractivity contribution in [3.05, 3.63) is 16.4 Å². The number of hydrogen-bond acceptors (Lipinski definition) is 4. The monoisotopic (exact) mass is 200 g/mol. The predicted octanol–water partition coefficient (Wildman–Crippen LogP) is 1.05. The van der Waals surface area contributed by atoms with Crippen LogP contribution in [-0.2, 0) is 6.42 Å². The van der Waals surface area contributed by atoms with E-state index in [1.807, 2.05) is 11.8 Å². The maximum atomic E-state index is 10.7. The smallest absolute Gasteiger partial charge is 0.362 e. The first kappa shape index (κ1) is 8.87. The summed E-state index contributed by atoms with van der Waals surface area (Å²) < 4.78 is 4.91. The third-order valence-corrected chi connectivity index (χ3v) is 3.34. The zero-order chi connectivity index (χ0) is 9.10. The van der Waals surface area contributed by atoms with Crippen LogP contribution in [0.4, 0.5) is 0 Å². The van der Waals surface area contributed by atoms with Gasteiger partial charge in [0, 0.05) is 6.42 Å². The molecular weight excluding hydrogens is 188 g/mol. The molecule has 2 rings (SSSR count). The van der Waals surface area contributed by atoms with Crippen molar-refractivity contribution in [2.75, 3.05) is 11.5 Å². The van der Waals surface area contributed by atoms with Gasteiger partial charge in [-0.25, -0.2) is 4.79 Å². The summed E-state index contributed by atoms with van der Waals surface area (Å²) >= 11 is 1.99. The van der Waals surface area contributed by atoms with Crippen LogP contribution < -0.4 is 5.69 Å². The lowest BCUT2D eigenvalue weighted by atomic mass is 9.99. The molecule has 1 saturated heterocycles. The van der Waals surface area contributed by atoms with Crippen LogP contribution in [0.5, 0.6) is 0 Å². The fourth-order valence-electron chi connectivity index (χ4n) is 1.55. The molecule has 0 aliphatic carbocycles. The molecule has 0 radical (unpaired) electrons. The quantitative estimate of drug-likeness (QED) is 0.775. The van der Waals surface area contributed by atoms with Crippen molar-refractivity contribution in [3.63, 3.8) is 0 Å². The van der Waals surface area contributed by atoms with E-state index in [0.717, 1.165) is 6.42 Å². The predicted molar refractivity (Wildman–Crippen MR) is 50.9 cm³/mol. The number of H-pyrrole nitrogens is 1. The summed E-state index contributed by atoms with van der Waals surface area (Å²) in [5, 5.41) is 2.21. The van der Waals surface area contributed by atoms with Gasteiger partial charge in [0.15, 0.2) is 0 Å². The maximum Gasteiger partial charge on any atom is 0.377 e. The van der Waals surface area contributed by atoms with Gasteiger partial charge < -0.3 is 4.52 Å². The molecule has 5 heteroatoms. The molecule has 1 aromatic rings. The zero-order valence-electron chi connectivity index (χ0n) is 7.28. The number of nitrogens with one attached hydrogen (secondary N) is 1. The van der Waals surface area contributed by atoms with Gasteiger partial charge in [-0.2, -0.15) is 21.9 Å². The van der Waals surface area contributed by atoms with Crippen LogP contribution in [0.15, 0.2) is 9.32 Å². The third kappa shape index (κ3) is 2.37. The molecule has 1 fully saturated rings. The lowest BCUT2D eigenvalue weighted by Gasteiger charge is -2.19. The Hall–Kier alpha value is -0.710. The number of thioether (sulfide) groups is 1. The van der Waals surface area contributed by atoms with Crippen molar-refractivity contribution in [2.45, 2.75) is 19.3 Å². The fourth-order valence-corrected chi connectivity index (χ4v) is 2.75. The summed E-state index contributed by atoms with van der Waals surface area (Å²) in [5.74, 6) is 3.65. The average molecular weight is 200 g/mol. The van der Waals surface area contributed by atoms with Crippen molar-refractivity contribution in [3.8, 4) is 0 Å². The standard InChI is InChI=1S/C8H12N2O2S/c11-8-9-7(12-10-8)5-6-1-3-13-4-2-6/h6H,1-5H2,(H,10,11). The minimum absolute atomic E-state index is 0.375. The molecule has 0 spiro atoms. The van der Waals surface area contributed by atoms with E-state index in [1.54, 1.807) is 0 Å². The maximum absolute atomic E-state index is 10.7. The highest BCUT2D eigenvalue weighted by Gasteiger charge is 2.16. The summed E-state index contributed by atoms with van der Waals surface area (Å²) in [6.45, 7) is 0. The van der Waals surface area contributed by atoms with Gasteiger partial charge in [-0.3, -0.25) is 0 Å². The molecule has 1 aliphatic rings. The first-order valence-electron chi connectivity index (χ1n) is 4.47. The summed E-state index contributed by atoms with van der Waals surface area (Å²) in [6.07, 6.45) is 3.22. The Morgan fingerprint density at radius 2 is 2.31 bits per heavy atom. The molecule has 2 heterocycles. The van der Waals surface area contributed by atoms with Crippen molar-refractivity contribution < 1.29 is 4.52 Å². The highest BCUT2D eigenvalue weighted by atomic mass is 32.2. The van der Waals surface area contributed by atoms with Crippen LogP contribution in [0.1, 0.15) is 18.7 Å². The van der Waals surface area contributed by atoms with E-state index in [2.05, 4.69) is 10.1 Å². The van der Waals surface area contributed by atoms with Gasteiger partial charge in [-0.05, 0) is 30.3 Å². The van der Waals surface area contributed by atoms with Crippen LogP contribution in [0.3, 0.4) is 0 Å². The Kier molecular flexibility index (Phi) is 2.73. The largest absolute Gasteiger partial charge is 0.377 e. The molecule has 1 N–H and O–H groups in total. The highest BCUT2D eigenvalue weighted by molar-refractivity contribution is 7.99. The van der Waals surface area contributed by atoms with E-state index >= 15 is 0 Å². The topological polar surface area (TPSA) is 58.9 Å². The van der Waals surface area contributed by atoms with E-state index in [9.17, 15) is 4.79 Å². The molecule has 13 heavy (non-hydrogen) atoms. The van der Waals surface area contributed by atoms with Crippen molar-refractivity contribution in [2.24, 2.45) is 5.92 Å². The van der Waals surface area contributed by atoms with Gasteiger partial charge in [0.25, 0.3) is 0 Å². The molecule has 0 amide bonds. The SMILES string of the molecule is O=c1nc(CC2CCSCC2)o[nH]1. The van der Waals surface area contributed by atoms with E-state index in [1.165, 1.54) is 24.3 Å². The number of rotatable bonds is 2. The normalized spacial score (nSPS) is 19.1. The van der Waals surface area contributed by atoms with Crippen molar-refractivity contribution in [1.82, 2.24) is 10.1 Å². The van der Waals surface area contributed by atoms with Crippen LogP contribution in [0.25, 0.3) is 0 Å². The highest BCUT2D eigenvalue weighted by Crippen LogP contribution is 2.24. The van der Waals surface area contributed by atoms with Gasteiger partial charge in [-0.15, -0.1) is 0 Å². The Bertz CT molecular complexity index is 314. The molecule has 0 saturated carbocycles. The lowest BCUT2D eigenvalue weighted by molar-refractivity contribution is 0.342. The van der Waals surface area contributed by atoms with Crippen molar-refractivity contribution >= 4 is 11.8 Å². The van der Waals surface area contributed by atoms with E-state index in [4.69, 9.17) is 4.52 Å². The summed E-state index contributed by atoms with van der Waals surface area (Å²) in [7, 11) is 0. The Labute approximate surface area is 80.1 Å². The molecular formula is C8H12N2O2S. The number of hydrogen-bond donors (Lipinski definition) is 1. The summed E-state index contributed by atoms with van der Waals surface area (Å²) in [5.41, 5.74) is -0.375. The second-order valence-electron chi connectivity index (χ2n) is 3.27. The van der Waals surface area contributed by atoms with Crippen LogP contribution in [0, 0.1) is 5.92 Å². The van der Waals surface area contributed by atoms with E-state index in [0.29, 0.717) is 11.8 Å². The molecule has 0 bridgehead atoms. The molecule has 0 atom stereocenters. The van der Waals surface area contributed by atoms with Gasteiger partial charge in [0.1, 0.15) is 0 Å².